The van der Waals surface area contributed by atoms with Crippen molar-refractivity contribution in [1.82, 2.24) is 0 Å². The highest BCUT2D eigenvalue weighted by Crippen LogP contribution is 2.23. The molecule has 0 saturated carbocycles. The molecule has 0 unspecified atom stereocenters. The van der Waals surface area contributed by atoms with Crippen LogP contribution in [0.15, 0.2) is 88.3 Å². The maximum atomic E-state index is 12.7. The SMILES string of the molecule is Cc1ccc(C(=O)Oc2ccc3c(=O)c(-c4ccccc4)coc3c2)cc1. The topological polar surface area (TPSA) is 56.5 Å². The zero-order valence-electron chi connectivity index (χ0n) is 14.6. The van der Waals surface area contributed by atoms with E-state index in [1.807, 2.05) is 49.4 Å². The van der Waals surface area contributed by atoms with Crippen LogP contribution >= 0.6 is 0 Å². The van der Waals surface area contributed by atoms with Gasteiger partial charge in [0.05, 0.1) is 16.5 Å². The van der Waals surface area contributed by atoms with Crippen LogP contribution in [0.2, 0.25) is 0 Å². The number of esters is 1. The van der Waals surface area contributed by atoms with Gasteiger partial charge >= 0.3 is 5.97 Å². The van der Waals surface area contributed by atoms with Crippen molar-refractivity contribution in [1.29, 1.82) is 0 Å². The third-order valence-electron chi connectivity index (χ3n) is 4.33. The summed E-state index contributed by atoms with van der Waals surface area (Å²) in [5, 5.41) is 0.437. The number of carbonyl (C=O) groups excluding carboxylic acids is 1. The summed E-state index contributed by atoms with van der Waals surface area (Å²) < 4.78 is 11.0. The smallest absolute Gasteiger partial charge is 0.343 e. The normalized spacial score (nSPS) is 10.7. The monoisotopic (exact) mass is 356 g/mol. The van der Waals surface area contributed by atoms with Gasteiger partial charge in [-0.2, -0.15) is 0 Å². The first kappa shape index (κ1) is 16.8. The van der Waals surface area contributed by atoms with Crippen molar-refractivity contribution < 1.29 is 13.9 Å². The molecule has 4 heteroatoms. The molecule has 0 fully saturated rings. The Balaban J connectivity index is 1.66. The molecule has 0 atom stereocenters. The predicted octanol–water partition coefficient (Wildman–Crippen LogP) is 4.99. The number of hydrogen-bond acceptors (Lipinski definition) is 4. The van der Waals surface area contributed by atoms with Crippen molar-refractivity contribution >= 4 is 16.9 Å². The number of hydrogen-bond donors (Lipinski definition) is 0. The van der Waals surface area contributed by atoms with Crippen molar-refractivity contribution in [2.24, 2.45) is 0 Å². The number of fused-ring (bicyclic) bond motifs is 1. The number of carbonyl (C=O) groups is 1. The average Bonchev–Trinajstić information content (AvgIpc) is 2.69. The van der Waals surface area contributed by atoms with Crippen molar-refractivity contribution in [3.8, 4) is 16.9 Å². The molecule has 27 heavy (non-hydrogen) atoms. The highest BCUT2D eigenvalue weighted by Gasteiger charge is 2.12. The maximum Gasteiger partial charge on any atom is 0.343 e. The molecule has 0 aliphatic heterocycles. The fourth-order valence-electron chi connectivity index (χ4n) is 2.84. The molecule has 0 spiro atoms. The van der Waals surface area contributed by atoms with E-state index in [4.69, 9.17) is 9.15 Å². The van der Waals surface area contributed by atoms with Crippen LogP contribution in [0.4, 0.5) is 0 Å². The third-order valence-corrected chi connectivity index (χ3v) is 4.33. The van der Waals surface area contributed by atoms with Gasteiger partial charge in [-0.25, -0.2) is 4.79 Å². The van der Waals surface area contributed by atoms with Gasteiger partial charge in [-0.1, -0.05) is 48.0 Å². The zero-order chi connectivity index (χ0) is 18.8. The molecule has 132 valence electrons. The van der Waals surface area contributed by atoms with Gasteiger partial charge in [0, 0.05) is 6.07 Å². The lowest BCUT2D eigenvalue weighted by molar-refractivity contribution is 0.0735. The van der Waals surface area contributed by atoms with E-state index in [1.54, 1.807) is 30.3 Å². The van der Waals surface area contributed by atoms with Crippen molar-refractivity contribution in [3.63, 3.8) is 0 Å². The van der Waals surface area contributed by atoms with Gasteiger partial charge in [0.15, 0.2) is 5.43 Å². The van der Waals surface area contributed by atoms with Gasteiger partial charge in [0.2, 0.25) is 0 Å². The molecule has 1 heterocycles. The second-order valence-corrected chi connectivity index (χ2v) is 6.26. The van der Waals surface area contributed by atoms with Crippen LogP contribution < -0.4 is 10.2 Å². The Bertz CT molecular complexity index is 1170. The molecular formula is C23H16O4. The summed E-state index contributed by atoms with van der Waals surface area (Å²) in [6, 6.07) is 21.2. The minimum atomic E-state index is -0.461. The second kappa shape index (κ2) is 6.92. The van der Waals surface area contributed by atoms with E-state index in [2.05, 4.69) is 0 Å². The molecule has 0 radical (unpaired) electrons. The fourth-order valence-corrected chi connectivity index (χ4v) is 2.84. The van der Waals surface area contributed by atoms with Gasteiger partial charge in [-0.05, 0) is 36.8 Å². The van der Waals surface area contributed by atoms with Gasteiger partial charge in [-0.3, -0.25) is 4.79 Å². The summed E-state index contributed by atoms with van der Waals surface area (Å²) in [4.78, 5) is 25.0. The molecule has 0 saturated heterocycles. The van der Waals surface area contributed by atoms with Crippen molar-refractivity contribution in [2.75, 3.05) is 0 Å². The maximum absolute atomic E-state index is 12.7. The van der Waals surface area contributed by atoms with Gasteiger partial charge in [0.1, 0.15) is 17.6 Å². The molecular weight excluding hydrogens is 340 g/mol. The summed E-state index contributed by atoms with van der Waals surface area (Å²) in [5.74, 6) is -0.138. The minimum absolute atomic E-state index is 0.126. The van der Waals surface area contributed by atoms with Crippen LogP contribution in [-0.2, 0) is 0 Å². The van der Waals surface area contributed by atoms with Crippen LogP contribution in [-0.4, -0.2) is 5.97 Å². The zero-order valence-corrected chi connectivity index (χ0v) is 14.6. The Labute approximate surface area is 155 Å². The Morgan fingerprint density at radius 1 is 0.926 bits per heavy atom. The Kier molecular flexibility index (Phi) is 4.30. The second-order valence-electron chi connectivity index (χ2n) is 6.26. The van der Waals surface area contributed by atoms with Crippen LogP contribution in [0.25, 0.3) is 22.1 Å². The molecule has 4 rings (SSSR count). The van der Waals surface area contributed by atoms with Crippen molar-refractivity contribution in [3.05, 3.63) is 100 Å². The fraction of sp³-hybridized carbons (Fsp3) is 0.0435. The molecule has 4 aromatic rings. The quantitative estimate of drug-likeness (QED) is 0.383. The number of benzene rings is 3. The van der Waals surface area contributed by atoms with E-state index in [0.717, 1.165) is 11.1 Å². The number of aryl methyl sites for hydroxylation is 1. The third kappa shape index (κ3) is 3.37. The lowest BCUT2D eigenvalue weighted by atomic mass is 10.1. The molecule has 0 amide bonds. The lowest BCUT2D eigenvalue weighted by Crippen LogP contribution is -2.09. The van der Waals surface area contributed by atoms with E-state index < -0.39 is 5.97 Å². The largest absolute Gasteiger partial charge is 0.463 e. The first-order valence-corrected chi connectivity index (χ1v) is 8.52. The minimum Gasteiger partial charge on any atom is -0.463 e. The molecule has 0 N–H and O–H groups in total. The highest BCUT2D eigenvalue weighted by molar-refractivity contribution is 5.92. The molecule has 0 aliphatic rings. The molecule has 0 bridgehead atoms. The summed E-state index contributed by atoms with van der Waals surface area (Å²) in [6.07, 6.45) is 1.44. The molecule has 3 aromatic carbocycles. The van der Waals surface area contributed by atoms with Gasteiger partial charge in [-0.15, -0.1) is 0 Å². The van der Waals surface area contributed by atoms with E-state index in [0.29, 0.717) is 27.8 Å². The number of rotatable bonds is 3. The standard InChI is InChI=1S/C23H16O4/c1-15-7-9-17(10-8-15)23(25)27-18-11-12-19-21(13-18)26-14-20(22(19)24)16-5-3-2-4-6-16/h2-14H,1H3. The first-order valence-electron chi connectivity index (χ1n) is 8.52. The van der Waals surface area contributed by atoms with E-state index >= 15 is 0 Å². The molecule has 0 aliphatic carbocycles. The summed E-state index contributed by atoms with van der Waals surface area (Å²) in [5.41, 5.74) is 3.05. The molecule has 4 nitrogen and oxygen atoms in total. The molecule has 1 aromatic heterocycles. The Morgan fingerprint density at radius 2 is 1.67 bits per heavy atom. The van der Waals surface area contributed by atoms with E-state index in [9.17, 15) is 9.59 Å². The van der Waals surface area contributed by atoms with Crippen molar-refractivity contribution in [2.45, 2.75) is 6.92 Å². The van der Waals surface area contributed by atoms with Crippen LogP contribution in [0.1, 0.15) is 15.9 Å². The highest BCUT2D eigenvalue weighted by atomic mass is 16.5. The van der Waals surface area contributed by atoms with E-state index in [-0.39, 0.29) is 5.43 Å². The van der Waals surface area contributed by atoms with E-state index in [1.165, 1.54) is 6.26 Å². The van der Waals surface area contributed by atoms with Crippen LogP contribution in [0, 0.1) is 6.92 Å². The number of ether oxygens (including phenoxy) is 1. The van der Waals surface area contributed by atoms with Gasteiger partial charge in [0.25, 0.3) is 0 Å². The Hall–Kier alpha value is -3.66. The predicted molar refractivity (Wildman–Crippen MR) is 104 cm³/mol. The lowest BCUT2D eigenvalue weighted by Gasteiger charge is -2.07. The summed E-state index contributed by atoms with van der Waals surface area (Å²) >= 11 is 0. The first-order chi connectivity index (χ1) is 13.1. The van der Waals surface area contributed by atoms with Crippen LogP contribution in [0.5, 0.6) is 5.75 Å². The van der Waals surface area contributed by atoms with Gasteiger partial charge < -0.3 is 9.15 Å². The summed E-state index contributed by atoms with van der Waals surface area (Å²) in [6.45, 7) is 1.95. The Morgan fingerprint density at radius 3 is 2.41 bits per heavy atom. The average molecular weight is 356 g/mol. The summed E-state index contributed by atoms with van der Waals surface area (Å²) in [7, 11) is 0. The van der Waals surface area contributed by atoms with Crippen LogP contribution in [0.3, 0.4) is 0 Å².